The van der Waals surface area contributed by atoms with Gasteiger partial charge in [-0.1, -0.05) is 0 Å². The lowest BCUT2D eigenvalue weighted by molar-refractivity contribution is -0.143. The molecule has 0 bridgehead atoms. The molecule has 0 radical (unpaired) electrons. The molecule has 2 atom stereocenters. The zero-order chi connectivity index (χ0) is 15.9. The molecule has 22 heavy (non-hydrogen) atoms. The average molecular weight is 321 g/mol. The van der Waals surface area contributed by atoms with E-state index in [0.717, 1.165) is 0 Å². The summed E-state index contributed by atoms with van der Waals surface area (Å²) in [5.74, 6) is -1.69. The minimum atomic E-state index is -0.888. The van der Waals surface area contributed by atoms with Gasteiger partial charge in [0.1, 0.15) is 11.4 Å². The van der Waals surface area contributed by atoms with Crippen LogP contribution in [0.5, 0.6) is 0 Å². The maximum absolute atomic E-state index is 12.4. The van der Waals surface area contributed by atoms with Gasteiger partial charge in [0.15, 0.2) is 0 Å². The number of carboxylic acids is 1. The Hall–Kier alpha value is -2.22. The molecular formula is C14H15N3O4S. The molecule has 1 fully saturated rings. The summed E-state index contributed by atoms with van der Waals surface area (Å²) >= 11 is 1.37. The van der Waals surface area contributed by atoms with Crippen molar-refractivity contribution in [2.45, 2.75) is 25.9 Å². The maximum Gasteiger partial charge on any atom is 0.308 e. The van der Waals surface area contributed by atoms with Crippen molar-refractivity contribution in [3.8, 4) is 0 Å². The third-order valence-corrected chi connectivity index (χ3v) is 4.97. The van der Waals surface area contributed by atoms with Crippen molar-refractivity contribution in [1.82, 2.24) is 14.5 Å². The second kappa shape index (κ2) is 5.53. The molecule has 1 aliphatic heterocycles. The molecule has 0 spiro atoms. The van der Waals surface area contributed by atoms with Crippen LogP contribution < -0.4 is 5.56 Å². The molecule has 1 saturated heterocycles. The van der Waals surface area contributed by atoms with Crippen molar-refractivity contribution in [3.05, 3.63) is 28.1 Å². The van der Waals surface area contributed by atoms with Crippen LogP contribution in [-0.4, -0.2) is 44.0 Å². The van der Waals surface area contributed by atoms with E-state index in [1.54, 1.807) is 18.4 Å². The number of aromatic nitrogens is 2. The van der Waals surface area contributed by atoms with E-state index in [1.807, 2.05) is 0 Å². The predicted octanol–water partition coefficient (Wildman–Crippen LogP) is 0.780. The normalized spacial score (nSPS) is 21.4. The summed E-state index contributed by atoms with van der Waals surface area (Å²) < 4.78 is 1.28. The van der Waals surface area contributed by atoms with Crippen LogP contribution in [0.2, 0.25) is 0 Å². The van der Waals surface area contributed by atoms with Gasteiger partial charge in [0.2, 0.25) is 5.91 Å². The van der Waals surface area contributed by atoms with Crippen molar-refractivity contribution in [2.24, 2.45) is 5.92 Å². The topological polar surface area (TPSA) is 92.5 Å². The van der Waals surface area contributed by atoms with Crippen LogP contribution in [0.3, 0.4) is 0 Å². The third kappa shape index (κ3) is 2.39. The van der Waals surface area contributed by atoms with Gasteiger partial charge in [-0.25, -0.2) is 4.98 Å². The van der Waals surface area contributed by atoms with E-state index in [9.17, 15) is 14.4 Å². The fourth-order valence-corrected chi connectivity index (χ4v) is 3.59. The summed E-state index contributed by atoms with van der Waals surface area (Å²) in [7, 11) is 0. The lowest BCUT2D eigenvalue weighted by Gasteiger charge is -2.23. The van der Waals surface area contributed by atoms with Gasteiger partial charge in [-0.15, -0.1) is 11.3 Å². The number of amides is 1. The highest BCUT2D eigenvalue weighted by molar-refractivity contribution is 7.16. The van der Waals surface area contributed by atoms with Crippen molar-refractivity contribution in [1.29, 1.82) is 0 Å². The number of aliphatic carboxylic acids is 1. The Labute approximate surface area is 129 Å². The largest absolute Gasteiger partial charge is 0.481 e. The molecule has 116 valence electrons. The second-order valence-electron chi connectivity index (χ2n) is 5.38. The van der Waals surface area contributed by atoms with Crippen molar-refractivity contribution in [3.63, 3.8) is 0 Å². The molecule has 0 saturated carbocycles. The molecule has 2 aromatic heterocycles. The third-order valence-electron chi connectivity index (χ3n) is 4.15. The Kier molecular flexibility index (Phi) is 3.69. The van der Waals surface area contributed by atoms with Crippen molar-refractivity contribution >= 4 is 33.4 Å². The van der Waals surface area contributed by atoms with Crippen LogP contribution in [-0.2, 0) is 16.1 Å². The van der Waals surface area contributed by atoms with Gasteiger partial charge < -0.3 is 10.0 Å². The molecule has 1 N–H and O–H groups in total. The molecule has 0 aromatic carbocycles. The number of fused-ring (bicyclic) bond motifs is 1. The first-order chi connectivity index (χ1) is 10.5. The van der Waals surface area contributed by atoms with E-state index in [-0.39, 0.29) is 24.1 Å². The van der Waals surface area contributed by atoms with Crippen LogP contribution in [0.1, 0.15) is 13.3 Å². The van der Waals surface area contributed by atoms with Crippen LogP contribution >= 0.6 is 11.3 Å². The molecule has 3 rings (SSSR count). The molecule has 7 nitrogen and oxygen atoms in total. The highest BCUT2D eigenvalue weighted by atomic mass is 32.1. The molecular weight excluding hydrogens is 306 g/mol. The number of carbonyl (C=O) groups is 2. The smallest absolute Gasteiger partial charge is 0.308 e. The standard InChI is InChI=1S/C14H15N3O4S/c1-8-9(14(20)21)2-4-17(8)11(18)6-16-7-15-12-10(13(16)19)3-5-22-12/h3,5,7-9H,2,4,6H2,1H3,(H,20,21). The van der Waals surface area contributed by atoms with Crippen LogP contribution in [0.4, 0.5) is 0 Å². The number of hydrogen-bond acceptors (Lipinski definition) is 5. The Morgan fingerprint density at radius 2 is 2.27 bits per heavy atom. The molecule has 2 unspecified atom stereocenters. The van der Waals surface area contributed by atoms with Gasteiger partial charge in [-0.3, -0.25) is 19.0 Å². The Morgan fingerprint density at radius 1 is 1.50 bits per heavy atom. The van der Waals surface area contributed by atoms with Crippen molar-refractivity contribution in [2.75, 3.05) is 6.54 Å². The SMILES string of the molecule is CC1C(C(=O)O)CCN1C(=O)Cn1cnc2sccc2c1=O. The summed E-state index contributed by atoms with van der Waals surface area (Å²) in [6.07, 6.45) is 1.81. The number of nitrogens with zero attached hydrogens (tertiary/aromatic N) is 3. The number of thiophene rings is 1. The minimum absolute atomic E-state index is 0.117. The van der Waals surface area contributed by atoms with E-state index in [4.69, 9.17) is 5.11 Å². The number of carboxylic acid groups (broad SMARTS) is 1. The van der Waals surface area contributed by atoms with E-state index in [0.29, 0.717) is 23.2 Å². The quantitative estimate of drug-likeness (QED) is 0.902. The Balaban J connectivity index is 1.80. The fourth-order valence-electron chi connectivity index (χ4n) is 2.86. The molecule has 0 aliphatic carbocycles. The Morgan fingerprint density at radius 3 is 2.95 bits per heavy atom. The van der Waals surface area contributed by atoms with Gasteiger partial charge in [-0.2, -0.15) is 0 Å². The minimum Gasteiger partial charge on any atom is -0.481 e. The summed E-state index contributed by atoms with van der Waals surface area (Å²) in [4.78, 5) is 42.1. The van der Waals surface area contributed by atoms with Gasteiger partial charge in [0.05, 0.1) is 17.6 Å². The Bertz CT molecular complexity index is 797. The molecule has 3 heterocycles. The van der Waals surface area contributed by atoms with Gasteiger partial charge in [-0.05, 0) is 24.8 Å². The predicted molar refractivity (Wildman–Crippen MR) is 80.8 cm³/mol. The van der Waals surface area contributed by atoms with E-state index < -0.39 is 11.9 Å². The number of carbonyl (C=O) groups excluding carboxylic acids is 1. The summed E-state index contributed by atoms with van der Waals surface area (Å²) in [5.41, 5.74) is -0.249. The first-order valence-corrected chi connectivity index (χ1v) is 7.82. The second-order valence-corrected chi connectivity index (χ2v) is 6.27. The summed E-state index contributed by atoms with van der Waals surface area (Å²) in [5, 5.41) is 11.4. The first kappa shape index (κ1) is 14.7. The molecule has 1 aliphatic rings. The van der Waals surface area contributed by atoms with E-state index in [2.05, 4.69) is 4.98 Å². The van der Waals surface area contributed by atoms with E-state index in [1.165, 1.54) is 27.1 Å². The number of likely N-dealkylation sites (tertiary alicyclic amines) is 1. The zero-order valence-electron chi connectivity index (χ0n) is 11.9. The summed E-state index contributed by atoms with van der Waals surface area (Å²) in [6, 6.07) is 1.33. The number of rotatable bonds is 3. The van der Waals surface area contributed by atoms with Crippen molar-refractivity contribution < 1.29 is 14.7 Å². The molecule has 1 amide bonds. The zero-order valence-corrected chi connectivity index (χ0v) is 12.7. The van der Waals surface area contributed by atoms with Gasteiger partial charge in [0.25, 0.3) is 5.56 Å². The van der Waals surface area contributed by atoms with Crippen LogP contribution in [0, 0.1) is 5.92 Å². The van der Waals surface area contributed by atoms with Gasteiger partial charge >= 0.3 is 5.97 Å². The monoisotopic (exact) mass is 321 g/mol. The van der Waals surface area contributed by atoms with Crippen LogP contribution in [0.15, 0.2) is 22.6 Å². The highest BCUT2D eigenvalue weighted by Gasteiger charge is 2.38. The summed E-state index contributed by atoms with van der Waals surface area (Å²) in [6.45, 7) is 2.01. The molecule has 8 heteroatoms. The highest BCUT2D eigenvalue weighted by Crippen LogP contribution is 2.24. The lowest BCUT2D eigenvalue weighted by atomic mass is 10.0. The van der Waals surface area contributed by atoms with Crippen LogP contribution in [0.25, 0.3) is 10.2 Å². The fraction of sp³-hybridized carbons (Fsp3) is 0.429. The van der Waals surface area contributed by atoms with Gasteiger partial charge in [0, 0.05) is 12.6 Å². The maximum atomic E-state index is 12.4. The number of hydrogen-bond donors (Lipinski definition) is 1. The molecule has 2 aromatic rings. The first-order valence-electron chi connectivity index (χ1n) is 6.94. The lowest BCUT2D eigenvalue weighted by Crippen LogP contribution is -2.40. The van der Waals surface area contributed by atoms with E-state index >= 15 is 0 Å². The average Bonchev–Trinajstić information content (AvgIpc) is 3.08.